The fraction of sp³-hybridized carbons (Fsp3) is 0.500. The van der Waals surface area contributed by atoms with E-state index in [0.717, 1.165) is 27.6 Å². The van der Waals surface area contributed by atoms with Gasteiger partial charge < -0.3 is 10.6 Å². The summed E-state index contributed by atoms with van der Waals surface area (Å²) >= 11 is 6.89. The van der Waals surface area contributed by atoms with E-state index in [0.29, 0.717) is 12.5 Å². The average Bonchev–Trinajstić information content (AvgIpc) is 2.42. The van der Waals surface area contributed by atoms with Gasteiger partial charge in [-0.05, 0) is 69.8 Å². The quantitative estimate of drug-likeness (QED) is 0.814. The molecule has 0 aliphatic carbocycles. The van der Waals surface area contributed by atoms with Crippen molar-refractivity contribution >= 4 is 43.5 Å². The number of nitrogens with one attached hydrogen (secondary N) is 2. The van der Waals surface area contributed by atoms with E-state index in [2.05, 4.69) is 42.5 Å². The van der Waals surface area contributed by atoms with Crippen LogP contribution in [0.1, 0.15) is 32.1 Å². The number of amides is 1. The highest BCUT2D eigenvalue weighted by molar-refractivity contribution is 9.11. The number of benzene rings is 1. The minimum absolute atomic E-state index is 0.0694. The Hall–Kier alpha value is -0.390. The maximum absolute atomic E-state index is 12.0. The van der Waals surface area contributed by atoms with Crippen LogP contribution in [0.25, 0.3) is 0 Å². The second kappa shape index (κ2) is 7.41. The van der Waals surface area contributed by atoms with Crippen molar-refractivity contribution in [2.24, 2.45) is 0 Å². The molecule has 1 saturated heterocycles. The first-order chi connectivity index (χ1) is 9.16. The van der Waals surface area contributed by atoms with E-state index in [4.69, 9.17) is 0 Å². The molecule has 1 fully saturated rings. The van der Waals surface area contributed by atoms with Crippen molar-refractivity contribution in [3.8, 4) is 0 Å². The Balaban J connectivity index is 1.83. The highest BCUT2D eigenvalue weighted by atomic mass is 79.9. The number of carbonyl (C=O) groups is 1. The van der Waals surface area contributed by atoms with Gasteiger partial charge in [0.1, 0.15) is 0 Å². The Morgan fingerprint density at radius 2 is 2.05 bits per heavy atom. The molecule has 1 heterocycles. The number of piperidine rings is 1. The van der Waals surface area contributed by atoms with Crippen molar-refractivity contribution in [2.75, 3.05) is 11.9 Å². The fourth-order valence-electron chi connectivity index (χ4n) is 2.29. The van der Waals surface area contributed by atoms with Crippen molar-refractivity contribution in [3.05, 3.63) is 27.1 Å². The maximum atomic E-state index is 12.0. The van der Waals surface area contributed by atoms with E-state index in [9.17, 15) is 4.79 Å². The summed E-state index contributed by atoms with van der Waals surface area (Å²) in [4.78, 5) is 12.0. The SMILES string of the molecule is O=C(CCC1CCCCN1)Nc1c(Br)cccc1Br. The van der Waals surface area contributed by atoms with Gasteiger partial charge in [0.2, 0.25) is 5.91 Å². The van der Waals surface area contributed by atoms with Crippen LogP contribution in [-0.2, 0) is 4.79 Å². The summed E-state index contributed by atoms with van der Waals surface area (Å²) < 4.78 is 1.79. The lowest BCUT2D eigenvalue weighted by atomic mass is 10.0. The van der Waals surface area contributed by atoms with Crippen LogP contribution in [0.15, 0.2) is 27.1 Å². The number of para-hydroxylation sites is 1. The van der Waals surface area contributed by atoms with E-state index in [-0.39, 0.29) is 5.91 Å². The van der Waals surface area contributed by atoms with Crippen molar-refractivity contribution < 1.29 is 4.79 Å². The molecule has 1 aliphatic rings. The molecule has 1 amide bonds. The van der Waals surface area contributed by atoms with Gasteiger partial charge >= 0.3 is 0 Å². The zero-order valence-corrected chi connectivity index (χ0v) is 13.9. The molecule has 19 heavy (non-hydrogen) atoms. The Morgan fingerprint density at radius 1 is 1.32 bits per heavy atom. The predicted molar refractivity (Wildman–Crippen MR) is 85.3 cm³/mol. The first-order valence-corrected chi connectivity index (χ1v) is 8.22. The normalized spacial score (nSPS) is 19.2. The monoisotopic (exact) mass is 388 g/mol. The highest BCUT2D eigenvalue weighted by Crippen LogP contribution is 2.30. The molecule has 0 saturated carbocycles. The van der Waals surface area contributed by atoms with Gasteiger partial charge in [0.05, 0.1) is 5.69 Å². The fourth-order valence-corrected chi connectivity index (χ4v) is 3.49. The highest BCUT2D eigenvalue weighted by Gasteiger charge is 2.15. The van der Waals surface area contributed by atoms with Crippen LogP contribution >= 0.6 is 31.9 Å². The van der Waals surface area contributed by atoms with Gasteiger partial charge in [-0.25, -0.2) is 0 Å². The van der Waals surface area contributed by atoms with Crippen LogP contribution in [0, 0.1) is 0 Å². The summed E-state index contributed by atoms with van der Waals surface area (Å²) in [5.74, 6) is 0.0694. The molecule has 0 spiro atoms. The number of hydrogen-bond donors (Lipinski definition) is 2. The molecule has 1 aliphatic heterocycles. The second-order valence-corrected chi connectivity index (χ2v) is 6.54. The largest absolute Gasteiger partial charge is 0.324 e. The minimum Gasteiger partial charge on any atom is -0.324 e. The third-order valence-corrected chi connectivity index (χ3v) is 4.68. The van der Waals surface area contributed by atoms with E-state index in [1.54, 1.807) is 0 Å². The minimum atomic E-state index is 0.0694. The van der Waals surface area contributed by atoms with E-state index in [1.807, 2.05) is 18.2 Å². The summed E-state index contributed by atoms with van der Waals surface area (Å²) in [6.45, 7) is 1.09. The molecule has 1 unspecified atom stereocenters. The standard InChI is InChI=1S/C14H18Br2N2O/c15-11-5-3-6-12(16)14(11)18-13(19)8-7-10-4-1-2-9-17-10/h3,5-6,10,17H,1-2,4,7-9H2,(H,18,19). The molecule has 0 aromatic heterocycles. The first-order valence-electron chi connectivity index (χ1n) is 6.64. The van der Waals surface area contributed by atoms with E-state index < -0.39 is 0 Å². The van der Waals surface area contributed by atoms with Gasteiger partial charge in [-0.15, -0.1) is 0 Å². The molecule has 5 heteroatoms. The molecule has 1 aromatic rings. The average molecular weight is 390 g/mol. The lowest BCUT2D eigenvalue weighted by Gasteiger charge is -2.23. The Labute approximate surface area is 130 Å². The molecule has 0 radical (unpaired) electrons. The van der Waals surface area contributed by atoms with E-state index in [1.165, 1.54) is 19.3 Å². The lowest BCUT2D eigenvalue weighted by Crippen LogP contribution is -2.34. The van der Waals surface area contributed by atoms with Gasteiger partial charge in [0.25, 0.3) is 0 Å². The summed E-state index contributed by atoms with van der Waals surface area (Å²) in [7, 11) is 0. The van der Waals surface area contributed by atoms with Crippen LogP contribution in [0.4, 0.5) is 5.69 Å². The smallest absolute Gasteiger partial charge is 0.224 e. The third kappa shape index (κ3) is 4.58. The molecule has 1 atom stereocenters. The Morgan fingerprint density at radius 3 is 2.68 bits per heavy atom. The summed E-state index contributed by atoms with van der Waals surface area (Å²) in [5, 5.41) is 6.42. The molecule has 3 nitrogen and oxygen atoms in total. The number of halogens is 2. The molecular weight excluding hydrogens is 372 g/mol. The van der Waals surface area contributed by atoms with Crippen molar-refractivity contribution in [2.45, 2.75) is 38.1 Å². The molecule has 2 rings (SSSR count). The van der Waals surface area contributed by atoms with Gasteiger partial charge in [-0.3, -0.25) is 4.79 Å². The Kier molecular flexibility index (Phi) is 5.85. The van der Waals surface area contributed by atoms with Gasteiger partial charge in [-0.2, -0.15) is 0 Å². The zero-order chi connectivity index (χ0) is 13.7. The van der Waals surface area contributed by atoms with Crippen LogP contribution < -0.4 is 10.6 Å². The topological polar surface area (TPSA) is 41.1 Å². The van der Waals surface area contributed by atoms with Crippen molar-refractivity contribution in [3.63, 3.8) is 0 Å². The summed E-state index contributed by atoms with van der Waals surface area (Å²) in [5.41, 5.74) is 0.809. The van der Waals surface area contributed by atoms with Crippen LogP contribution in [-0.4, -0.2) is 18.5 Å². The number of anilines is 1. The number of rotatable bonds is 4. The number of carbonyl (C=O) groups excluding carboxylic acids is 1. The summed E-state index contributed by atoms with van der Waals surface area (Å²) in [6.07, 6.45) is 5.19. The molecule has 104 valence electrons. The van der Waals surface area contributed by atoms with Crippen LogP contribution in [0.2, 0.25) is 0 Å². The second-order valence-electron chi connectivity index (χ2n) is 4.83. The zero-order valence-electron chi connectivity index (χ0n) is 10.7. The maximum Gasteiger partial charge on any atom is 0.224 e. The predicted octanol–water partition coefficient (Wildman–Crippen LogP) is 4.07. The molecular formula is C14H18Br2N2O. The van der Waals surface area contributed by atoms with Crippen molar-refractivity contribution in [1.82, 2.24) is 5.32 Å². The van der Waals surface area contributed by atoms with Crippen LogP contribution in [0.3, 0.4) is 0 Å². The molecule has 2 N–H and O–H groups in total. The number of hydrogen-bond acceptors (Lipinski definition) is 2. The third-order valence-electron chi connectivity index (χ3n) is 3.36. The van der Waals surface area contributed by atoms with Gasteiger partial charge in [0.15, 0.2) is 0 Å². The lowest BCUT2D eigenvalue weighted by molar-refractivity contribution is -0.116. The first kappa shape index (κ1) is 15.0. The Bertz CT molecular complexity index is 425. The van der Waals surface area contributed by atoms with Crippen molar-refractivity contribution in [1.29, 1.82) is 0 Å². The molecule has 1 aromatic carbocycles. The summed E-state index contributed by atoms with van der Waals surface area (Å²) in [6, 6.07) is 6.27. The molecule has 0 bridgehead atoms. The van der Waals surface area contributed by atoms with Crippen LogP contribution in [0.5, 0.6) is 0 Å². The van der Waals surface area contributed by atoms with E-state index >= 15 is 0 Å². The van der Waals surface area contributed by atoms with Gasteiger partial charge in [0, 0.05) is 21.4 Å². The van der Waals surface area contributed by atoms with Gasteiger partial charge in [-0.1, -0.05) is 12.5 Å².